The van der Waals surface area contributed by atoms with Gasteiger partial charge in [0.05, 0.1) is 22.7 Å². The quantitative estimate of drug-likeness (QED) is 0.740. The highest BCUT2D eigenvalue weighted by atomic mass is 35.5. The Morgan fingerprint density at radius 2 is 1.74 bits per heavy atom. The zero-order valence-electron chi connectivity index (χ0n) is 12.2. The van der Waals surface area contributed by atoms with E-state index in [2.05, 4.69) is 0 Å². The van der Waals surface area contributed by atoms with Gasteiger partial charge in [0.15, 0.2) is 0 Å². The van der Waals surface area contributed by atoms with E-state index in [1.165, 1.54) is 0 Å². The van der Waals surface area contributed by atoms with Gasteiger partial charge in [0.2, 0.25) is 0 Å². The van der Waals surface area contributed by atoms with Crippen LogP contribution < -0.4 is 5.73 Å². The van der Waals surface area contributed by atoms with Crippen LogP contribution in [0.15, 0.2) is 12.1 Å². The van der Waals surface area contributed by atoms with Crippen molar-refractivity contribution in [3.8, 4) is 0 Å². The van der Waals surface area contributed by atoms with Gasteiger partial charge in [0.1, 0.15) is 5.82 Å². The van der Waals surface area contributed by atoms with Gasteiger partial charge in [-0.15, -0.1) is 12.4 Å². The fourth-order valence-electron chi connectivity index (χ4n) is 3.08. The van der Waals surface area contributed by atoms with Gasteiger partial charge >= 0.3 is 6.18 Å². The summed E-state index contributed by atoms with van der Waals surface area (Å²) in [5, 5.41) is 9.86. The monoisotopic (exact) mass is 375 g/mol. The maximum absolute atomic E-state index is 14.1. The largest absolute Gasteiger partial charge is 0.416 e. The molecular formula is C15H19Cl2F4NO. The van der Waals surface area contributed by atoms with Crippen LogP contribution in [-0.2, 0) is 6.18 Å². The lowest BCUT2D eigenvalue weighted by molar-refractivity contribution is -0.139. The van der Waals surface area contributed by atoms with Crippen LogP contribution in [0.4, 0.5) is 17.6 Å². The molecule has 0 unspecified atom stereocenters. The predicted molar refractivity (Wildman–Crippen MR) is 83.2 cm³/mol. The second kappa shape index (κ2) is 8.01. The number of rotatable bonds is 3. The van der Waals surface area contributed by atoms with E-state index in [0.29, 0.717) is 18.9 Å². The Bertz CT molecular complexity index is 533. The molecule has 1 aliphatic rings. The highest BCUT2D eigenvalue weighted by Gasteiger charge is 2.39. The summed E-state index contributed by atoms with van der Waals surface area (Å²) in [6, 6.07) is 0.0929. The SMILES string of the molecule is Cl.N[C@@H](c1c(C(F)(F)F)ccc(Cl)c1F)[C@H](O)C1CCCCC1. The van der Waals surface area contributed by atoms with E-state index in [-0.39, 0.29) is 18.3 Å². The van der Waals surface area contributed by atoms with Crippen molar-refractivity contribution in [1.82, 2.24) is 0 Å². The summed E-state index contributed by atoms with van der Waals surface area (Å²) in [6.07, 6.45) is -1.83. The Morgan fingerprint density at radius 1 is 1.17 bits per heavy atom. The Kier molecular flexibility index (Phi) is 7.13. The van der Waals surface area contributed by atoms with Crippen molar-refractivity contribution in [2.45, 2.75) is 50.4 Å². The first-order valence-electron chi connectivity index (χ1n) is 7.22. The van der Waals surface area contributed by atoms with Gasteiger partial charge in [-0.25, -0.2) is 4.39 Å². The highest BCUT2D eigenvalue weighted by Crippen LogP contribution is 2.40. The molecule has 2 nitrogen and oxygen atoms in total. The van der Waals surface area contributed by atoms with Gasteiger partial charge in [-0.3, -0.25) is 0 Å². The summed E-state index contributed by atoms with van der Waals surface area (Å²) in [5.41, 5.74) is 3.85. The summed E-state index contributed by atoms with van der Waals surface area (Å²) in [7, 11) is 0. The van der Waals surface area contributed by atoms with E-state index >= 15 is 0 Å². The average Bonchev–Trinajstić information content (AvgIpc) is 2.48. The molecular weight excluding hydrogens is 357 g/mol. The predicted octanol–water partition coefficient (Wildman–Crippen LogP) is 4.86. The van der Waals surface area contributed by atoms with E-state index < -0.39 is 40.3 Å². The molecule has 1 aliphatic carbocycles. The van der Waals surface area contributed by atoms with Crippen LogP contribution in [0, 0.1) is 11.7 Å². The molecule has 2 atom stereocenters. The van der Waals surface area contributed by atoms with Crippen LogP contribution >= 0.6 is 24.0 Å². The number of halogens is 6. The molecule has 0 heterocycles. The summed E-state index contributed by atoms with van der Waals surface area (Å²) >= 11 is 5.59. The lowest BCUT2D eigenvalue weighted by Gasteiger charge is -2.32. The molecule has 0 saturated heterocycles. The van der Waals surface area contributed by atoms with E-state index in [0.717, 1.165) is 25.3 Å². The van der Waals surface area contributed by atoms with E-state index in [9.17, 15) is 22.7 Å². The summed E-state index contributed by atoms with van der Waals surface area (Å²) in [5.74, 6) is -1.43. The molecule has 0 radical (unpaired) electrons. The molecule has 1 aromatic carbocycles. The number of hydrogen-bond acceptors (Lipinski definition) is 2. The topological polar surface area (TPSA) is 46.2 Å². The van der Waals surface area contributed by atoms with Crippen molar-refractivity contribution in [3.63, 3.8) is 0 Å². The molecule has 23 heavy (non-hydrogen) atoms. The van der Waals surface area contributed by atoms with Gasteiger partial charge in [-0.1, -0.05) is 30.9 Å². The first kappa shape index (κ1) is 20.5. The van der Waals surface area contributed by atoms with Crippen molar-refractivity contribution < 1.29 is 22.7 Å². The van der Waals surface area contributed by atoms with Crippen LogP contribution in [0.1, 0.15) is 49.3 Å². The van der Waals surface area contributed by atoms with Gasteiger partial charge in [-0.2, -0.15) is 13.2 Å². The minimum Gasteiger partial charge on any atom is -0.391 e. The van der Waals surface area contributed by atoms with Gasteiger partial charge in [0.25, 0.3) is 0 Å². The molecule has 0 amide bonds. The van der Waals surface area contributed by atoms with Crippen LogP contribution in [0.3, 0.4) is 0 Å². The van der Waals surface area contributed by atoms with Gasteiger partial charge < -0.3 is 10.8 Å². The number of benzene rings is 1. The van der Waals surface area contributed by atoms with Gasteiger partial charge in [0, 0.05) is 5.56 Å². The first-order valence-corrected chi connectivity index (χ1v) is 7.60. The lowest BCUT2D eigenvalue weighted by atomic mass is 9.80. The van der Waals surface area contributed by atoms with E-state index in [4.69, 9.17) is 17.3 Å². The van der Waals surface area contributed by atoms with Crippen molar-refractivity contribution >= 4 is 24.0 Å². The standard InChI is InChI=1S/C15H18ClF4NO.ClH/c16-10-7-6-9(15(18,19)20)11(12(10)17)13(21)14(22)8-4-2-1-3-5-8;/h6-8,13-14,22H,1-5,21H2;1H/t13-,14+;/m0./s1. The minimum atomic E-state index is -4.76. The summed E-state index contributed by atoms with van der Waals surface area (Å²) < 4.78 is 53.4. The number of hydrogen-bond donors (Lipinski definition) is 2. The Morgan fingerprint density at radius 3 is 2.26 bits per heavy atom. The van der Waals surface area contributed by atoms with Crippen LogP contribution in [0.5, 0.6) is 0 Å². The molecule has 1 saturated carbocycles. The molecule has 3 N–H and O–H groups in total. The third-order valence-corrected chi connectivity index (χ3v) is 4.56. The van der Waals surface area contributed by atoms with Crippen molar-refractivity contribution in [1.29, 1.82) is 0 Å². The maximum atomic E-state index is 14.1. The van der Waals surface area contributed by atoms with Crippen molar-refractivity contribution in [3.05, 3.63) is 34.1 Å². The molecule has 0 aliphatic heterocycles. The molecule has 0 aromatic heterocycles. The molecule has 132 valence electrons. The summed E-state index contributed by atoms with van der Waals surface area (Å²) in [4.78, 5) is 0. The number of nitrogens with two attached hydrogens (primary N) is 1. The van der Waals surface area contributed by atoms with E-state index in [1.807, 2.05) is 0 Å². The summed E-state index contributed by atoms with van der Waals surface area (Å²) in [6.45, 7) is 0. The number of aliphatic hydroxyl groups excluding tert-OH is 1. The van der Waals surface area contributed by atoms with Crippen LogP contribution in [0.25, 0.3) is 0 Å². The second-order valence-electron chi connectivity index (χ2n) is 5.73. The molecule has 0 spiro atoms. The molecule has 2 rings (SSSR count). The number of alkyl halides is 3. The third kappa shape index (κ3) is 4.50. The van der Waals surface area contributed by atoms with E-state index in [1.54, 1.807) is 0 Å². The third-order valence-electron chi connectivity index (χ3n) is 4.27. The second-order valence-corrected chi connectivity index (χ2v) is 6.14. The zero-order valence-corrected chi connectivity index (χ0v) is 13.8. The van der Waals surface area contributed by atoms with Crippen LogP contribution in [-0.4, -0.2) is 11.2 Å². The van der Waals surface area contributed by atoms with Crippen molar-refractivity contribution in [2.75, 3.05) is 0 Å². The highest BCUT2D eigenvalue weighted by molar-refractivity contribution is 6.30. The fraction of sp³-hybridized carbons (Fsp3) is 0.600. The van der Waals surface area contributed by atoms with Gasteiger partial charge in [-0.05, 0) is 30.9 Å². The van der Waals surface area contributed by atoms with Crippen LogP contribution in [0.2, 0.25) is 5.02 Å². The molecule has 8 heteroatoms. The smallest absolute Gasteiger partial charge is 0.391 e. The molecule has 1 fully saturated rings. The molecule has 0 bridgehead atoms. The fourth-order valence-corrected chi connectivity index (χ4v) is 3.24. The molecule has 1 aromatic rings. The average molecular weight is 376 g/mol. The Labute approximate surface area is 143 Å². The minimum absolute atomic E-state index is 0. The maximum Gasteiger partial charge on any atom is 0.416 e. The lowest BCUT2D eigenvalue weighted by Crippen LogP contribution is -2.36. The Balaban J connectivity index is 0.00000264. The first-order chi connectivity index (χ1) is 10.2. The Hall–Kier alpha value is -0.560. The normalized spacial score (nSPS) is 19.1. The number of aliphatic hydroxyl groups is 1. The zero-order chi connectivity index (χ0) is 16.5. The van der Waals surface area contributed by atoms with Crippen molar-refractivity contribution in [2.24, 2.45) is 11.7 Å².